The summed E-state index contributed by atoms with van der Waals surface area (Å²) in [6.07, 6.45) is 28.9. The van der Waals surface area contributed by atoms with Gasteiger partial charge in [-0.25, -0.2) is 9.59 Å². The van der Waals surface area contributed by atoms with E-state index < -0.39 is 96.7 Å². The molecule has 2 aromatic rings. The van der Waals surface area contributed by atoms with Crippen molar-refractivity contribution in [1.82, 2.24) is 26.6 Å². The van der Waals surface area contributed by atoms with Gasteiger partial charge in [-0.15, -0.1) is 0 Å². The summed E-state index contributed by atoms with van der Waals surface area (Å²) in [7, 11) is 0. The van der Waals surface area contributed by atoms with Gasteiger partial charge in [0, 0.05) is 36.7 Å². The summed E-state index contributed by atoms with van der Waals surface area (Å²) in [5, 5.41) is 12.4. The maximum absolute atomic E-state index is 14.0. The molecule has 2 aromatic carbocycles. The van der Waals surface area contributed by atoms with Crippen LogP contribution in [0.1, 0.15) is 265 Å². The lowest BCUT2D eigenvalue weighted by Gasteiger charge is -2.25. The Morgan fingerprint density at radius 2 is 0.891 bits per heavy atom. The van der Waals surface area contributed by atoms with E-state index in [9.17, 15) is 43.2 Å². The zero-order valence-electron chi connectivity index (χ0n) is 57.2. The molecule has 5 amide bonds. The van der Waals surface area contributed by atoms with Crippen molar-refractivity contribution >= 4 is 65.4 Å². The number of amides is 5. The van der Waals surface area contributed by atoms with E-state index in [-0.39, 0.29) is 62.3 Å². The number of ether oxygens (including phenoxy) is 5. The number of hydrogen-bond donors (Lipinski definition) is 5. The summed E-state index contributed by atoms with van der Waals surface area (Å²) in [5.41, 5.74) is 2.40. The number of thioether (sulfide) groups is 1. The molecule has 3 rings (SSSR count). The topological polar surface area (TPSA) is 260 Å². The van der Waals surface area contributed by atoms with Crippen LogP contribution in [0.2, 0.25) is 0 Å². The van der Waals surface area contributed by atoms with Gasteiger partial charge in [-0.2, -0.15) is 11.8 Å². The van der Waals surface area contributed by atoms with Crippen molar-refractivity contribution in [2.24, 2.45) is 0 Å². The highest BCUT2D eigenvalue weighted by Crippen LogP contribution is 2.44. The second-order valence-corrected chi connectivity index (χ2v) is 27.5. The van der Waals surface area contributed by atoms with Crippen LogP contribution in [0.4, 0.5) is 4.79 Å². The molecule has 1 aliphatic carbocycles. The first-order valence-electron chi connectivity index (χ1n) is 34.7. The normalized spacial score (nSPS) is 12.9. The number of benzene rings is 2. The smallest absolute Gasteiger partial charge is 0.407 e. The molecular formula is C72H115N5O14S. The Labute approximate surface area is 554 Å². The summed E-state index contributed by atoms with van der Waals surface area (Å²) in [5.74, 6) is -5.45. The molecule has 0 spiro atoms. The van der Waals surface area contributed by atoms with Crippen molar-refractivity contribution in [2.75, 3.05) is 44.4 Å². The maximum atomic E-state index is 14.0. The quantitative estimate of drug-likeness (QED) is 0.0234. The van der Waals surface area contributed by atoms with E-state index in [0.29, 0.717) is 12.8 Å². The van der Waals surface area contributed by atoms with E-state index in [4.69, 9.17) is 23.7 Å². The molecule has 92 heavy (non-hydrogen) atoms. The molecule has 0 saturated carbocycles. The molecule has 0 saturated heterocycles. The van der Waals surface area contributed by atoms with Gasteiger partial charge in [-0.05, 0) is 83.1 Å². The Hall–Kier alpha value is -6.18. The Morgan fingerprint density at radius 1 is 0.457 bits per heavy atom. The summed E-state index contributed by atoms with van der Waals surface area (Å²) < 4.78 is 28.2. The monoisotopic (exact) mass is 1310 g/mol. The van der Waals surface area contributed by atoms with Crippen LogP contribution in [0.15, 0.2) is 48.5 Å². The fourth-order valence-electron chi connectivity index (χ4n) is 10.8. The van der Waals surface area contributed by atoms with Crippen molar-refractivity contribution in [3.63, 3.8) is 0 Å². The lowest BCUT2D eigenvalue weighted by molar-refractivity contribution is -0.160. The van der Waals surface area contributed by atoms with Gasteiger partial charge in [-0.3, -0.25) is 33.6 Å². The first-order chi connectivity index (χ1) is 44.1. The molecule has 0 radical (unpaired) electrons. The maximum Gasteiger partial charge on any atom is 0.407 e. The van der Waals surface area contributed by atoms with Gasteiger partial charge in [-0.1, -0.05) is 216 Å². The van der Waals surface area contributed by atoms with E-state index in [1.54, 1.807) is 41.5 Å². The number of alkyl carbamates (subject to hydrolysis) is 1. The Kier molecular flexibility index (Phi) is 40.7. The van der Waals surface area contributed by atoms with E-state index >= 15 is 0 Å². The highest BCUT2D eigenvalue weighted by Gasteiger charge is 2.32. The Balaban J connectivity index is 1.63. The fourth-order valence-corrected chi connectivity index (χ4v) is 11.8. The highest BCUT2D eigenvalue weighted by molar-refractivity contribution is 7.99. The fraction of sp³-hybridized carbons (Fsp3) is 0.708. The number of rotatable bonds is 50. The van der Waals surface area contributed by atoms with Crippen LogP contribution in [0, 0.1) is 0 Å². The van der Waals surface area contributed by atoms with Crippen molar-refractivity contribution < 1.29 is 66.8 Å². The molecule has 0 fully saturated rings. The molecule has 1 aliphatic rings. The standard InChI is InChI=1S/C72H115N5O14S/c1-9-11-13-15-17-19-21-23-25-27-29-31-33-43-65(81)87-50-54(89-66(82)44-34-32-30-28-26-24-22-20-18-16-14-12-10-2)52-92-53-61(77-70(86)88-51-59-57-41-37-35-39-55(57)56-40-36-38-42-58(56)59)68(84)75-48-63(79)73-47-62(78)74-49-64(80)76-60(69(85)91-72(6,7)8)45-46-67(83)90-71(3,4)5/h35-42,54,59-61H,9-34,43-53H2,1-8H3,(H,73,79)(H,74,78)(H,75,84)(H,76,80)(H,77,86)/t54-,60+,61+/m1/s1. The summed E-state index contributed by atoms with van der Waals surface area (Å²) in [4.78, 5) is 118. The predicted octanol–water partition coefficient (Wildman–Crippen LogP) is 13.3. The van der Waals surface area contributed by atoms with Crippen LogP contribution in [-0.2, 0) is 62.0 Å². The third-order valence-corrected chi connectivity index (χ3v) is 16.8. The van der Waals surface area contributed by atoms with Gasteiger partial charge in [0.1, 0.15) is 42.6 Å². The second kappa shape index (κ2) is 46.8. The molecule has 0 bridgehead atoms. The lowest BCUT2D eigenvalue weighted by atomic mass is 9.98. The predicted molar refractivity (Wildman–Crippen MR) is 363 cm³/mol. The number of hydrogen-bond acceptors (Lipinski definition) is 15. The number of unbranched alkanes of at least 4 members (excludes halogenated alkanes) is 24. The van der Waals surface area contributed by atoms with Gasteiger partial charge in [0.2, 0.25) is 23.6 Å². The molecule has 5 N–H and O–H groups in total. The largest absolute Gasteiger partial charge is 0.462 e. The molecule has 518 valence electrons. The zero-order chi connectivity index (χ0) is 67.4. The molecule has 19 nitrogen and oxygen atoms in total. The average molecular weight is 1310 g/mol. The first kappa shape index (κ1) is 80.1. The minimum atomic E-state index is -1.28. The molecule has 0 heterocycles. The molecular weight excluding hydrogens is 1190 g/mol. The number of esters is 4. The summed E-state index contributed by atoms with van der Waals surface area (Å²) in [6, 6.07) is 13.2. The molecule has 0 aromatic heterocycles. The Bertz CT molecular complexity index is 2470. The second-order valence-electron chi connectivity index (χ2n) is 26.4. The van der Waals surface area contributed by atoms with Crippen molar-refractivity contribution in [3.05, 3.63) is 59.7 Å². The number of nitrogens with one attached hydrogen (secondary N) is 5. The average Bonchev–Trinajstić information content (AvgIpc) is 1.62. The number of carbonyl (C=O) groups excluding carboxylic acids is 9. The van der Waals surface area contributed by atoms with Gasteiger partial charge in [0.05, 0.1) is 19.6 Å². The summed E-state index contributed by atoms with van der Waals surface area (Å²) in [6.45, 7) is 12.5. The van der Waals surface area contributed by atoms with E-state index in [1.807, 2.05) is 48.5 Å². The summed E-state index contributed by atoms with van der Waals surface area (Å²) >= 11 is 1.18. The van der Waals surface area contributed by atoms with Crippen molar-refractivity contribution in [3.8, 4) is 11.1 Å². The zero-order valence-corrected chi connectivity index (χ0v) is 58.0. The van der Waals surface area contributed by atoms with Crippen LogP contribution in [0.3, 0.4) is 0 Å². The van der Waals surface area contributed by atoms with Gasteiger partial charge < -0.3 is 50.3 Å². The molecule has 0 unspecified atom stereocenters. The number of fused-ring (bicyclic) bond motifs is 3. The van der Waals surface area contributed by atoms with Crippen LogP contribution in [-0.4, -0.2) is 127 Å². The van der Waals surface area contributed by atoms with Gasteiger partial charge in [0.25, 0.3) is 0 Å². The SMILES string of the molecule is CCCCCCCCCCCCCCCC(=O)OC[C@H](CSC[C@H](NC(=O)OCC1c2ccccc2-c2ccccc21)C(=O)NCC(=O)NCC(=O)NCC(=O)N[C@@H](CCC(=O)OC(C)(C)C)C(=O)OC(C)(C)C)OC(=O)CCCCCCCCCCCCCCC. The number of carbonyl (C=O) groups is 9. The third-order valence-electron chi connectivity index (χ3n) is 15.6. The molecule has 3 atom stereocenters. The van der Waals surface area contributed by atoms with Gasteiger partial charge in [0.15, 0.2) is 0 Å². The van der Waals surface area contributed by atoms with Crippen LogP contribution >= 0.6 is 11.8 Å². The molecule has 20 heteroatoms. The van der Waals surface area contributed by atoms with E-state index in [0.717, 1.165) is 60.8 Å². The van der Waals surface area contributed by atoms with Gasteiger partial charge >= 0.3 is 30.0 Å². The van der Waals surface area contributed by atoms with E-state index in [1.165, 1.54) is 127 Å². The highest BCUT2D eigenvalue weighted by atomic mass is 32.2. The van der Waals surface area contributed by atoms with Crippen molar-refractivity contribution in [2.45, 2.75) is 283 Å². The van der Waals surface area contributed by atoms with E-state index in [2.05, 4.69) is 40.4 Å². The minimum Gasteiger partial charge on any atom is -0.462 e. The van der Waals surface area contributed by atoms with Crippen LogP contribution < -0.4 is 26.6 Å². The first-order valence-corrected chi connectivity index (χ1v) is 35.8. The van der Waals surface area contributed by atoms with Crippen LogP contribution in [0.25, 0.3) is 11.1 Å². The molecule has 0 aliphatic heterocycles. The Morgan fingerprint density at radius 3 is 1.37 bits per heavy atom. The lowest BCUT2D eigenvalue weighted by Crippen LogP contribution is -2.51. The van der Waals surface area contributed by atoms with Crippen LogP contribution in [0.5, 0.6) is 0 Å². The minimum absolute atomic E-state index is 0.0339. The van der Waals surface area contributed by atoms with Crippen molar-refractivity contribution in [1.29, 1.82) is 0 Å². The third kappa shape index (κ3) is 37.5.